The zero-order chi connectivity index (χ0) is 57.3. The first kappa shape index (κ1) is 61.6. The molecule has 4 aromatic carbocycles. The summed E-state index contributed by atoms with van der Waals surface area (Å²) in [5.41, 5.74) is 3.19. The maximum Gasteiger partial charge on any atom is 0.410 e. The standard InChI is InChI=1S/C34H38ClN3O6.C25H36ClN3O5/c1-23(2)44-33(40)30-24(3)36-34(41)38(31(30)26-10-8-11-27(35)22-26)19-9-18-37(4)32(39)25-14-16-29(17-15-25)43-21-20-42-28-12-6-5-7-13-28;1-16(2)33-22(30)20-17(3)27-23(32-8)29(21(20)18-11-9-12-19(26)15-18)14-10-13-28(7)24(31)34-25(4,5)6/h5-8,10-17,22-23,31H,9,18-21H2,1-4H3,(H,36,41);9,11-12,15-16,21H,10,13-14H2,1-8H3. The number of amides is 4. The van der Waals surface area contributed by atoms with E-state index in [0.29, 0.717) is 101 Å². The Kier molecular flexibility index (Phi) is 22.9. The molecule has 4 amide bonds. The van der Waals surface area contributed by atoms with Gasteiger partial charge in [-0.2, -0.15) is 0 Å². The molecule has 0 saturated heterocycles. The number of esters is 2. The minimum Gasteiger partial charge on any atom is -0.490 e. The Morgan fingerprint density at radius 1 is 0.679 bits per heavy atom. The second kappa shape index (κ2) is 28.9. The molecule has 0 radical (unpaired) electrons. The second-order valence-corrected chi connectivity index (χ2v) is 21.0. The first-order valence-corrected chi connectivity index (χ1v) is 26.6. The summed E-state index contributed by atoms with van der Waals surface area (Å²) in [6.07, 6.45) is 0.0521. The van der Waals surface area contributed by atoms with Crippen LogP contribution in [0.1, 0.15) is 109 Å². The van der Waals surface area contributed by atoms with Gasteiger partial charge in [0.1, 0.15) is 30.3 Å². The molecule has 0 saturated carbocycles. The number of halogens is 2. The Labute approximate surface area is 469 Å². The van der Waals surface area contributed by atoms with Crippen molar-refractivity contribution in [3.63, 3.8) is 0 Å². The van der Waals surface area contributed by atoms with Crippen LogP contribution in [-0.2, 0) is 28.5 Å². The summed E-state index contributed by atoms with van der Waals surface area (Å²) in [7, 11) is 4.95. The van der Waals surface area contributed by atoms with E-state index in [4.69, 9.17) is 51.6 Å². The highest BCUT2D eigenvalue weighted by Gasteiger charge is 2.40. The highest BCUT2D eigenvalue weighted by molar-refractivity contribution is 6.31. The van der Waals surface area contributed by atoms with Crippen molar-refractivity contribution in [2.24, 2.45) is 4.99 Å². The van der Waals surface area contributed by atoms with E-state index in [9.17, 15) is 24.0 Å². The molecule has 2 unspecified atom stereocenters. The maximum atomic E-state index is 13.2. The number of para-hydroxylation sites is 1. The van der Waals surface area contributed by atoms with E-state index in [1.807, 2.05) is 80.3 Å². The maximum absolute atomic E-state index is 13.2. The lowest BCUT2D eigenvalue weighted by molar-refractivity contribution is -0.144. The Balaban J connectivity index is 0.000000298. The lowest BCUT2D eigenvalue weighted by Gasteiger charge is -2.38. The first-order valence-electron chi connectivity index (χ1n) is 25.9. The molecule has 19 heteroatoms. The summed E-state index contributed by atoms with van der Waals surface area (Å²) in [5.74, 6) is 0.319. The predicted molar refractivity (Wildman–Crippen MR) is 302 cm³/mol. The van der Waals surface area contributed by atoms with Crippen LogP contribution in [0.4, 0.5) is 9.59 Å². The van der Waals surface area contributed by atoms with Crippen molar-refractivity contribution < 1.29 is 52.4 Å². The predicted octanol–water partition coefficient (Wildman–Crippen LogP) is 11.4. The van der Waals surface area contributed by atoms with E-state index in [2.05, 4.69) is 10.3 Å². The molecule has 2 atom stereocenters. The molecule has 78 heavy (non-hydrogen) atoms. The highest BCUT2D eigenvalue weighted by Crippen LogP contribution is 2.38. The fraction of sp³-hybridized carbons (Fsp3) is 0.424. The van der Waals surface area contributed by atoms with Gasteiger partial charge in [0.2, 0.25) is 0 Å². The smallest absolute Gasteiger partial charge is 0.410 e. The lowest BCUT2D eigenvalue weighted by Crippen LogP contribution is -2.49. The number of allylic oxidation sites excluding steroid dienone is 2. The van der Waals surface area contributed by atoms with Gasteiger partial charge in [0.25, 0.3) is 11.9 Å². The molecule has 6 rings (SSSR count). The number of hydrogen-bond donors (Lipinski definition) is 1. The molecular formula is C59H74Cl2N6O11. The van der Waals surface area contributed by atoms with Crippen LogP contribution < -0.4 is 14.8 Å². The number of amidine groups is 1. The quantitative estimate of drug-likeness (QED) is 0.0504. The number of hydrogen-bond acceptors (Lipinski definition) is 13. The van der Waals surface area contributed by atoms with Crippen LogP contribution >= 0.6 is 23.2 Å². The zero-order valence-electron chi connectivity index (χ0n) is 46.8. The average Bonchev–Trinajstić information content (AvgIpc) is 3.45. The van der Waals surface area contributed by atoms with Crippen LogP contribution in [0.25, 0.3) is 0 Å². The van der Waals surface area contributed by atoms with Crippen LogP contribution in [0.15, 0.2) is 131 Å². The molecule has 0 aliphatic carbocycles. The van der Waals surface area contributed by atoms with E-state index in [0.717, 1.165) is 11.3 Å². The topological polar surface area (TPSA) is 178 Å². The number of aliphatic imine (C=N–C) groups is 1. The van der Waals surface area contributed by atoms with Crippen LogP contribution in [-0.4, -0.2) is 134 Å². The number of urea groups is 1. The van der Waals surface area contributed by atoms with Crippen molar-refractivity contribution in [2.75, 3.05) is 60.6 Å². The molecule has 2 aliphatic heterocycles. The number of nitrogens with one attached hydrogen (secondary N) is 1. The van der Waals surface area contributed by atoms with Crippen LogP contribution in [0.3, 0.4) is 0 Å². The second-order valence-electron chi connectivity index (χ2n) is 20.1. The molecule has 0 bridgehead atoms. The molecule has 1 N–H and O–H groups in total. The fourth-order valence-electron chi connectivity index (χ4n) is 8.49. The van der Waals surface area contributed by atoms with Gasteiger partial charge in [-0.25, -0.2) is 24.2 Å². The summed E-state index contributed by atoms with van der Waals surface area (Å²) in [4.78, 5) is 76.1. The molecule has 4 aromatic rings. The number of carbonyl (C=O) groups excluding carboxylic acids is 5. The largest absolute Gasteiger partial charge is 0.490 e. The summed E-state index contributed by atoms with van der Waals surface area (Å²) >= 11 is 12.6. The van der Waals surface area contributed by atoms with Crippen molar-refractivity contribution in [3.8, 4) is 11.5 Å². The van der Waals surface area contributed by atoms with Crippen LogP contribution in [0, 0.1) is 0 Å². The van der Waals surface area contributed by atoms with Crippen molar-refractivity contribution in [3.05, 3.63) is 152 Å². The number of methoxy groups -OCH3 is 1. The number of carbonyl (C=O) groups is 5. The number of ether oxygens (including phenoxy) is 6. The first-order chi connectivity index (χ1) is 37.0. The Morgan fingerprint density at radius 2 is 1.18 bits per heavy atom. The monoisotopic (exact) mass is 1110 g/mol. The van der Waals surface area contributed by atoms with E-state index >= 15 is 0 Å². The Morgan fingerprint density at radius 3 is 1.69 bits per heavy atom. The molecule has 0 spiro atoms. The van der Waals surface area contributed by atoms with Gasteiger partial charge >= 0.3 is 24.1 Å². The molecule has 0 aromatic heterocycles. The van der Waals surface area contributed by atoms with Gasteiger partial charge in [-0.1, -0.05) is 65.7 Å². The molecule has 2 heterocycles. The van der Waals surface area contributed by atoms with Gasteiger partial charge in [-0.3, -0.25) is 4.79 Å². The Bertz CT molecular complexity index is 2800. The summed E-state index contributed by atoms with van der Waals surface area (Å²) in [6.45, 7) is 18.4. The third kappa shape index (κ3) is 17.9. The van der Waals surface area contributed by atoms with Crippen LogP contribution in [0.2, 0.25) is 10.0 Å². The minimum atomic E-state index is -0.694. The van der Waals surface area contributed by atoms with Gasteiger partial charge in [-0.05, 0) is 147 Å². The molecule has 420 valence electrons. The normalized spacial score (nSPS) is 15.4. The average molecular weight is 1110 g/mol. The Hall–Kier alpha value is -7.24. The van der Waals surface area contributed by atoms with Gasteiger partial charge in [0.15, 0.2) is 0 Å². The number of benzene rings is 4. The van der Waals surface area contributed by atoms with E-state index < -0.39 is 35.7 Å². The van der Waals surface area contributed by atoms with Crippen LogP contribution in [0.5, 0.6) is 11.5 Å². The van der Waals surface area contributed by atoms with Crippen molar-refractivity contribution in [2.45, 2.75) is 105 Å². The molecule has 17 nitrogen and oxygen atoms in total. The van der Waals surface area contributed by atoms with Gasteiger partial charge < -0.3 is 53.3 Å². The minimum absolute atomic E-state index is 0.157. The fourth-order valence-corrected chi connectivity index (χ4v) is 8.89. The van der Waals surface area contributed by atoms with Gasteiger partial charge in [0.05, 0.1) is 48.2 Å². The summed E-state index contributed by atoms with van der Waals surface area (Å²) in [5, 5.41) is 3.84. The molecule has 0 fully saturated rings. The molecular weight excluding hydrogens is 1040 g/mol. The van der Waals surface area contributed by atoms with Gasteiger partial charge in [-0.15, -0.1) is 0 Å². The van der Waals surface area contributed by atoms with E-state index in [1.165, 1.54) is 4.90 Å². The third-order valence-electron chi connectivity index (χ3n) is 12.0. The number of nitrogens with zero attached hydrogens (tertiary/aromatic N) is 5. The number of rotatable bonds is 20. The van der Waals surface area contributed by atoms with E-state index in [-0.39, 0.29) is 30.7 Å². The van der Waals surface area contributed by atoms with Crippen molar-refractivity contribution in [1.29, 1.82) is 0 Å². The van der Waals surface area contributed by atoms with Gasteiger partial charge in [0, 0.05) is 61.6 Å². The van der Waals surface area contributed by atoms with Crippen molar-refractivity contribution in [1.82, 2.24) is 24.9 Å². The van der Waals surface area contributed by atoms with Crippen molar-refractivity contribution >= 4 is 59.2 Å². The zero-order valence-corrected chi connectivity index (χ0v) is 48.3. The highest BCUT2D eigenvalue weighted by atomic mass is 35.5. The summed E-state index contributed by atoms with van der Waals surface area (Å²) in [6, 6.07) is 29.7. The molecule has 2 aliphatic rings. The van der Waals surface area contributed by atoms with E-state index in [1.54, 1.807) is 121 Å². The lowest BCUT2D eigenvalue weighted by atomic mass is 9.93. The third-order valence-corrected chi connectivity index (χ3v) is 12.4. The summed E-state index contributed by atoms with van der Waals surface area (Å²) < 4.78 is 33.5. The SMILES string of the molecule is CC1=C(C(=O)OC(C)C)C(c2cccc(Cl)c2)N(CCCN(C)C(=O)c2ccc(OCCOc3ccccc3)cc2)C(=O)N1.COC1=NC(C)=C(C(=O)OC(C)C)C(c2cccc(Cl)c2)N1CCCN(C)C(=O)OC(C)(C)C.